The summed E-state index contributed by atoms with van der Waals surface area (Å²) in [6, 6.07) is 7.62. The van der Waals surface area contributed by atoms with Crippen molar-refractivity contribution in [1.82, 2.24) is 5.32 Å². The average Bonchev–Trinajstić information content (AvgIpc) is 2.55. The van der Waals surface area contributed by atoms with E-state index in [2.05, 4.69) is 10.6 Å². The molecular formula is C18H29N3O2. The van der Waals surface area contributed by atoms with Gasteiger partial charge in [-0.15, -0.1) is 0 Å². The van der Waals surface area contributed by atoms with E-state index in [1.165, 1.54) is 19.3 Å². The number of nitrogens with zero attached hydrogens (tertiary/aromatic N) is 1. The number of carbonyl (C=O) groups excluding carboxylic acids is 1. The first kappa shape index (κ1) is 17.6. The molecule has 0 spiro atoms. The first-order chi connectivity index (χ1) is 11.1. The van der Waals surface area contributed by atoms with Crippen molar-refractivity contribution in [2.45, 2.75) is 44.6 Å². The Morgan fingerprint density at radius 1 is 1.22 bits per heavy atom. The van der Waals surface area contributed by atoms with Gasteiger partial charge in [0.2, 0.25) is 0 Å². The lowest BCUT2D eigenvalue weighted by Crippen LogP contribution is -2.43. The maximum atomic E-state index is 12.2. The van der Waals surface area contributed by atoms with E-state index in [0.29, 0.717) is 12.3 Å². The van der Waals surface area contributed by atoms with E-state index in [9.17, 15) is 9.90 Å². The molecule has 0 aliphatic heterocycles. The van der Waals surface area contributed by atoms with Crippen molar-refractivity contribution >= 4 is 17.4 Å². The molecule has 2 amide bonds. The van der Waals surface area contributed by atoms with Crippen LogP contribution < -0.4 is 15.5 Å². The zero-order valence-electron chi connectivity index (χ0n) is 14.2. The number of anilines is 2. The van der Waals surface area contributed by atoms with E-state index in [-0.39, 0.29) is 18.7 Å². The molecule has 128 valence electrons. The highest BCUT2D eigenvalue weighted by Gasteiger charge is 2.24. The van der Waals surface area contributed by atoms with E-state index >= 15 is 0 Å². The van der Waals surface area contributed by atoms with E-state index in [4.69, 9.17) is 0 Å². The fourth-order valence-corrected chi connectivity index (χ4v) is 3.28. The van der Waals surface area contributed by atoms with E-state index < -0.39 is 0 Å². The van der Waals surface area contributed by atoms with Gasteiger partial charge in [-0.1, -0.05) is 19.3 Å². The van der Waals surface area contributed by atoms with E-state index in [1.807, 2.05) is 43.3 Å². The van der Waals surface area contributed by atoms with Crippen LogP contribution in [0.4, 0.5) is 16.2 Å². The van der Waals surface area contributed by atoms with Crippen molar-refractivity contribution in [2.24, 2.45) is 5.92 Å². The molecule has 1 unspecified atom stereocenters. The lowest BCUT2D eigenvalue weighted by molar-refractivity contribution is 0.202. The average molecular weight is 319 g/mol. The van der Waals surface area contributed by atoms with Crippen molar-refractivity contribution < 1.29 is 9.90 Å². The van der Waals surface area contributed by atoms with Crippen molar-refractivity contribution in [3.8, 4) is 0 Å². The summed E-state index contributed by atoms with van der Waals surface area (Å²) in [5.74, 6) is 0.484. The Balaban J connectivity index is 1.90. The molecule has 5 heteroatoms. The second kappa shape index (κ2) is 8.77. The third-order valence-corrected chi connectivity index (χ3v) is 4.62. The minimum absolute atomic E-state index is 0.0568. The summed E-state index contributed by atoms with van der Waals surface area (Å²) in [7, 11) is 3.97. The van der Waals surface area contributed by atoms with Gasteiger partial charge in [0.25, 0.3) is 0 Å². The number of aliphatic hydroxyl groups is 1. The maximum Gasteiger partial charge on any atom is 0.319 e. The summed E-state index contributed by atoms with van der Waals surface area (Å²) in [5.41, 5.74) is 1.87. The van der Waals surface area contributed by atoms with Gasteiger partial charge in [0.05, 0.1) is 0 Å². The predicted octanol–water partition coefficient (Wildman–Crippen LogP) is 3.21. The van der Waals surface area contributed by atoms with Crippen LogP contribution in [-0.2, 0) is 0 Å². The van der Waals surface area contributed by atoms with Crippen molar-refractivity contribution in [3.63, 3.8) is 0 Å². The quantitative estimate of drug-likeness (QED) is 0.754. The summed E-state index contributed by atoms with van der Waals surface area (Å²) in [6.07, 6.45) is 6.64. The van der Waals surface area contributed by atoms with Gasteiger partial charge in [-0.25, -0.2) is 4.79 Å². The van der Waals surface area contributed by atoms with E-state index in [1.54, 1.807) is 0 Å². The number of urea groups is 1. The predicted molar refractivity (Wildman–Crippen MR) is 95.0 cm³/mol. The molecule has 0 heterocycles. The molecular weight excluding hydrogens is 290 g/mol. The van der Waals surface area contributed by atoms with Crippen molar-refractivity contribution in [2.75, 3.05) is 30.9 Å². The molecule has 1 aliphatic rings. The van der Waals surface area contributed by atoms with Crippen molar-refractivity contribution in [1.29, 1.82) is 0 Å². The summed E-state index contributed by atoms with van der Waals surface area (Å²) >= 11 is 0. The molecule has 0 saturated heterocycles. The highest BCUT2D eigenvalue weighted by Crippen LogP contribution is 2.27. The van der Waals surface area contributed by atoms with Gasteiger partial charge in [0.1, 0.15) is 0 Å². The van der Waals surface area contributed by atoms with E-state index in [0.717, 1.165) is 24.2 Å². The summed E-state index contributed by atoms with van der Waals surface area (Å²) in [4.78, 5) is 14.3. The molecule has 1 aliphatic carbocycles. The number of rotatable bonds is 6. The zero-order chi connectivity index (χ0) is 16.7. The Bertz CT molecular complexity index is 482. The molecule has 1 saturated carbocycles. The van der Waals surface area contributed by atoms with Gasteiger partial charge in [0, 0.05) is 38.1 Å². The summed E-state index contributed by atoms with van der Waals surface area (Å²) in [6.45, 7) is 0.110. The molecule has 0 bridgehead atoms. The third-order valence-electron chi connectivity index (χ3n) is 4.62. The third kappa shape index (κ3) is 5.43. The van der Waals surface area contributed by atoms with Gasteiger partial charge in [-0.05, 0) is 49.4 Å². The smallest absolute Gasteiger partial charge is 0.319 e. The van der Waals surface area contributed by atoms with Crippen LogP contribution in [-0.4, -0.2) is 37.9 Å². The standard InChI is InChI=1S/C18H29N3O2/c1-21(2)16-10-8-15(9-11-16)19-18(23)20-17(12-13-22)14-6-4-3-5-7-14/h8-11,14,17,22H,3-7,12-13H2,1-2H3,(H2,19,20,23). The van der Waals surface area contributed by atoms with Crippen LogP contribution in [0.3, 0.4) is 0 Å². The SMILES string of the molecule is CN(C)c1ccc(NC(=O)NC(CCO)C2CCCCC2)cc1. The highest BCUT2D eigenvalue weighted by atomic mass is 16.3. The molecule has 1 fully saturated rings. The Labute approximate surface area is 139 Å². The molecule has 1 aromatic carbocycles. The van der Waals surface area contributed by atoms with Gasteiger partial charge in [0.15, 0.2) is 0 Å². The van der Waals surface area contributed by atoms with Crippen LogP contribution in [0, 0.1) is 5.92 Å². The van der Waals surface area contributed by atoms with Crippen LogP contribution in [0.5, 0.6) is 0 Å². The first-order valence-electron chi connectivity index (χ1n) is 8.56. The highest BCUT2D eigenvalue weighted by molar-refractivity contribution is 5.89. The molecule has 3 N–H and O–H groups in total. The zero-order valence-corrected chi connectivity index (χ0v) is 14.2. The van der Waals surface area contributed by atoms with Gasteiger partial charge in [-0.3, -0.25) is 0 Å². The molecule has 2 rings (SSSR count). The normalized spacial score (nSPS) is 16.7. The largest absolute Gasteiger partial charge is 0.396 e. The van der Waals surface area contributed by atoms with Gasteiger partial charge < -0.3 is 20.6 Å². The number of benzene rings is 1. The second-order valence-corrected chi connectivity index (χ2v) is 6.56. The summed E-state index contributed by atoms with van der Waals surface area (Å²) < 4.78 is 0. The monoisotopic (exact) mass is 319 g/mol. The number of nitrogens with one attached hydrogen (secondary N) is 2. The minimum Gasteiger partial charge on any atom is -0.396 e. The summed E-state index contributed by atoms with van der Waals surface area (Å²) in [5, 5.41) is 15.2. The number of carbonyl (C=O) groups is 1. The Hall–Kier alpha value is -1.75. The lowest BCUT2D eigenvalue weighted by Gasteiger charge is -2.30. The number of hydrogen-bond acceptors (Lipinski definition) is 3. The molecule has 0 radical (unpaired) electrons. The molecule has 1 aromatic rings. The molecule has 5 nitrogen and oxygen atoms in total. The molecule has 1 atom stereocenters. The van der Waals surface area contributed by atoms with Gasteiger partial charge in [-0.2, -0.15) is 0 Å². The molecule has 0 aromatic heterocycles. The first-order valence-corrected chi connectivity index (χ1v) is 8.56. The Morgan fingerprint density at radius 2 is 1.87 bits per heavy atom. The fraction of sp³-hybridized carbons (Fsp3) is 0.611. The Morgan fingerprint density at radius 3 is 2.43 bits per heavy atom. The maximum absolute atomic E-state index is 12.2. The number of amides is 2. The number of hydrogen-bond donors (Lipinski definition) is 3. The fourth-order valence-electron chi connectivity index (χ4n) is 3.28. The topological polar surface area (TPSA) is 64.6 Å². The van der Waals surface area contributed by atoms with Crippen LogP contribution >= 0.6 is 0 Å². The van der Waals surface area contributed by atoms with Crippen LogP contribution in [0.25, 0.3) is 0 Å². The molecule has 23 heavy (non-hydrogen) atoms. The number of aliphatic hydroxyl groups excluding tert-OH is 1. The van der Waals surface area contributed by atoms with Crippen LogP contribution in [0.1, 0.15) is 38.5 Å². The second-order valence-electron chi connectivity index (χ2n) is 6.56. The van der Waals surface area contributed by atoms with Crippen molar-refractivity contribution in [3.05, 3.63) is 24.3 Å². The lowest BCUT2D eigenvalue weighted by atomic mass is 9.83. The Kier molecular flexibility index (Phi) is 6.71. The van der Waals surface area contributed by atoms with Gasteiger partial charge >= 0.3 is 6.03 Å². The van der Waals surface area contributed by atoms with Crippen LogP contribution in [0.2, 0.25) is 0 Å². The van der Waals surface area contributed by atoms with Crippen LogP contribution in [0.15, 0.2) is 24.3 Å². The minimum atomic E-state index is -0.188.